The van der Waals surface area contributed by atoms with Crippen LogP contribution in [0.3, 0.4) is 0 Å². The minimum atomic E-state index is 0.0571. The highest BCUT2D eigenvalue weighted by Crippen LogP contribution is 2.20. The molecule has 0 radical (unpaired) electrons. The highest BCUT2D eigenvalue weighted by Gasteiger charge is 2.25. The van der Waals surface area contributed by atoms with Gasteiger partial charge in [-0.25, -0.2) is 0 Å². The molecule has 0 unspecified atom stereocenters. The van der Waals surface area contributed by atoms with Crippen LogP contribution in [-0.2, 0) is 16.0 Å². The predicted molar refractivity (Wildman–Crippen MR) is 101 cm³/mol. The highest BCUT2D eigenvalue weighted by molar-refractivity contribution is 5.79. The lowest BCUT2D eigenvalue weighted by molar-refractivity contribution is -0.135. The fourth-order valence-corrected chi connectivity index (χ4v) is 2.82. The second-order valence-corrected chi connectivity index (χ2v) is 7.28. The van der Waals surface area contributed by atoms with Crippen LogP contribution in [0, 0.1) is 11.8 Å². The lowest BCUT2D eigenvalue weighted by Gasteiger charge is -2.26. The number of benzene rings is 1. The molecule has 3 heteroatoms. The lowest BCUT2D eigenvalue weighted by atomic mass is 9.88. The van der Waals surface area contributed by atoms with E-state index in [4.69, 9.17) is 4.74 Å². The molecule has 0 heterocycles. The summed E-state index contributed by atoms with van der Waals surface area (Å²) in [6.07, 6.45) is 4.34. The molecule has 24 heavy (non-hydrogen) atoms. The zero-order valence-corrected chi connectivity index (χ0v) is 16.1. The topological polar surface area (TPSA) is 29.5 Å². The summed E-state index contributed by atoms with van der Waals surface area (Å²) in [5, 5.41) is 0. The van der Waals surface area contributed by atoms with Crippen LogP contribution >= 0.6 is 0 Å². The van der Waals surface area contributed by atoms with Crippen molar-refractivity contribution in [1.29, 1.82) is 0 Å². The molecule has 0 saturated heterocycles. The van der Waals surface area contributed by atoms with E-state index in [2.05, 4.69) is 39.8 Å². The largest absolute Gasteiger partial charge is 0.379 e. The van der Waals surface area contributed by atoms with Crippen molar-refractivity contribution in [2.45, 2.75) is 59.5 Å². The molecule has 1 atom stereocenters. The van der Waals surface area contributed by atoms with Crippen molar-refractivity contribution in [2.75, 3.05) is 20.2 Å². The van der Waals surface area contributed by atoms with Crippen LogP contribution in [0.25, 0.3) is 0 Å². The first-order valence-electron chi connectivity index (χ1n) is 9.32. The molecule has 0 aliphatic carbocycles. The molecule has 1 aromatic carbocycles. The van der Waals surface area contributed by atoms with Gasteiger partial charge in [0.15, 0.2) is 0 Å². The Morgan fingerprint density at radius 1 is 1.04 bits per heavy atom. The Hall–Kier alpha value is -1.35. The number of unbranched alkanes of at least 4 members (excludes halogenated alkanes) is 2. The maximum Gasteiger partial charge on any atom is 0.226 e. The minimum Gasteiger partial charge on any atom is -0.379 e. The third-order valence-corrected chi connectivity index (χ3v) is 4.39. The van der Waals surface area contributed by atoms with Crippen molar-refractivity contribution in [3.63, 3.8) is 0 Å². The van der Waals surface area contributed by atoms with Crippen LogP contribution in [0.4, 0.5) is 0 Å². The molecule has 0 bridgehead atoms. The van der Waals surface area contributed by atoms with Crippen LogP contribution in [0.2, 0.25) is 0 Å². The van der Waals surface area contributed by atoms with Gasteiger partial charge in [0.05, 0.1) is 6.10 Å². The normalized spacial score (nSPS) is 12.6. The fraction of sp³-hybridized carbons (Fsp3) is 0.667. The SMILES string of the molecule is CC(C)OCCCCCN(C)C(=O)[C@@H](Cc1ccccc1)C(C)C. The number of carbonyl (C=O) groups excluding carboxylic acids is 1. The summed E-state index contributed by atoms with van der Waals surface area (Å²) >= 11 is 0. The number of hydrogen-bond acceptors (Lipinski definition) is 2. The number of carbonyl (C=O) groups is 1. The predicted octanol–water partition coefficient (Wildman–Crippen LogP) is 4.56. The summed E-state index contributed by atoms with van der Waals surface area (Å²) in [6, 6.07) is 10.3. The van der Waals surface area contributed by atoms with Crippen molar-refractivity contribution in [1.82, 2.24) is 4.90 Å². The van der Waals surface area contributed by atoms with Gasteiger partial charge >= 0.3 is 0 Å². The van der Waals surface area contributed by atoms with Gasteiger partial charge in [0, 0.05) is 26.1 Å². The Bertz CT molecular complexity index is 456. The zero-order chi connectivity index (χ0) is 17.9. The van der Waals surface area contributed by atoms with E-state index in [0.717, 1.165) is 38.8 Å². The summed E-state index contributed by atoms with van der Waals surface area (Å²) in [6.45, 7) is 10.1. The lowest BCUT2D eigenvalue weighted by Crippen LogP contribution is -2.37. The molecule has 0 aromatic heterocycles. The maximum absolute atomic E-state index is 12.8. The van der Waals surface area contributed by atoms with Gasteiger partial charge in [-0.3, -0.25) is 4.79 Å². The molecular formula is C21H35NO2. The van der Waals surface area contributed by atoms with Gasteiger partial charge in [0.2, 0.25) is 5.91 Å². The summed E-state index contributed by atoms with van der Waals surface area (Å²) < 4.78 is 5.55. The number of rotatable bonds is 11. The van der Waals surface area contributed by atoms with Gasteiger partial charge in [-0.1, -0.05) is 44.2 Å². The van der Waals surface area contributed by atoms with Crippen molar-refractivity contribution in [3.05, 3.63) is 35.9 Å². The second kappa shape index (κ2) is 11.2. The Labute approximate surface area is 148 Å². The molecule has 1 aromatic rings. The first-order valence-corrected chi connectivity index (χ1v) is 9.32. The van der Waals surface area contributed by atoms with E-state index < -0.39 is 0 Å². The van der Waals surface area contributed by atoms with Crippen LogP contribution in [0.15, 0.2) is 30.3 Å². The Morgan fingerprint density at radius 2 is 1.71 bits per heavy atom. The number of hydrogen-bond donors (Lipinski definition) is 0. The summed E-state index contributed by atoms with van der Waals surface area (Å²) in [4.78, 5) is 14.7. The zero-order valence-electron chi connectivity index (χ0n) is 16.1. The number of ether oxygens (including phenoxy) is 1. The van der Waals surface area contributed by atoms with E-state index in [0.29, 0.717) is 12.0 Å². The molecule has 0 fully saturated rings. The molecule has 1 rings (SSSR count). The second-order valence-electron chi connectivity index (χ2n) is 7.28. The standard InChI is InChI=1S/C21H35NO2/c1-17(2)20(16-19-12-8-6-9-13-19)21(23)22(5)14-10-7-11-15-24-18(3)4/h6,8-9,12-13,17-18,20H,7,10-11,14-16H2,1-5H3/t20-/m0/s1. The van der Waals surface area contributed by atoms with Crippen molar-refractivity contribution < 1.29 is 9.53 Å². The van der Waals surface area contributed by atoms with Gasteiger partial charge in [-0.15, -0.1) is 0 Å². The van der Waals surface area contributed by atoms with E-state index in [-0.39, 0.29) is 11.8 Å². The first-order chi connectivity index (χ1) is 11.4. The van der Waals surface area contributed by atoms with Gasteiger partial charge < -0.3 is 9.64 Å². The molecule has 0 saturated carbocycles. The van der Waals surface area contributed by atoms with E-state index in [1.165, 1.54) is 5.56 Å². The maximum atomic E-state index is 12.8. The van der Waals surface area contributed by atoms with E-state index in [1.807, 2.05) is 30.1 Å². The molecule has 3 nitrogen and oxygen atoms in total. The quantitative estimate of drug-likeness (QED) is 0.556. The molecule has 0 spiro atoms. The van der Waals surface area contributed by atoms with Crippen molar-refractivity contribution >= 4 is 5.91 Å². The van der Waals surface area contributed by atoms with E-state index >= 15 is 0 Å². The monoisotopic (exact) mass is 333 g/mol. The number of amides is 1. The van der Waals surface area contributed by atoms with E-state index in [1.54, 1.807) is 0 Å². The van der Waals surface area contributed by atoms with Crippen molar-refractivity contribution in [2.24, 2.45) is 11.8 Å². The van der Waals surface area contributed by atoms with Crippen LogP contribution < -0.4 is 0 Å². The van der Waals surface area contributed by atoms with E-state index in [9.17, 15) is 4.79 Å². The summed E-state index contributed by atoms with van der Waals surface area (Å²) in [5.74, 6) is 0.675. The third-order valence-electron chi connectivity index (χ3n) is 4.39. The molecule has 1 amide bonds. The highest BCUT2D eigenvalue weighted by atomic mass is 16.5. The third kappa shape index (κ3) is 7.96. The Balaban J connectivity index is 2.40. The smallest absolute Gasteiger partial charge is 0.226 e. The number of nitrogens with zero attached hydrogens (tertiary/aromatic N) is 1. The average Bonchev–Trinajstić information content (AvgIpc) is 2.55. The van der Waals surface area contributed by atoms with Gasteiger partial charge in [-0.2, -0.15) is 0 Å². The summed E-state index contributed by atoms with van der Waals surface area (Å²) in [5.41, 5.74) is 1.24. The van der Waals surface area contributed by atoms with Crippen LogP contribution in [0.5, 0.6) is 0 Å². The van der Waals surface area contributed by atoms with Crippen LogP contribution in [0.1, 0.15) is 52.5 Å². The summed E-state index contributed by atoms with van der Waals surface area (Å²) in [7, 11) is 1.94. The van der Waals surface area contributed by atoms with Gasteiger partial charge in [-0.05, 0) is 51.0 Å². The molecule has 0 aliphatic heterocycles. The minimum absolute atomic E-state index is 0.0571. The van der Waals surface area contributed by atoms with Gasteiger partial charge in [0.1, 0.15) is 0 Å². The molecular weight excluding hydrogens is 298 g/mol. The first kappa shape index (κ1) is 20.7. The molecule has 0 aliphatic rings. The van der Waals surface area contributed by atoms with Gasteiger partial charge in [0.25, 0.3) is 0 Å². The average molecular weight is 334 g/mol. The molecule has 136 valence electrons. The molecule has 0 N–H and O–H groups in total. The van der Waals surface area contributed by atoms with Crippen LogP contribution in [-0.4, -0.2) is 37.1 Å². The Kier molecular flexibility index (Phi) is 9.70. The Morgan fingerprint density at radius 3 is 2.29 bits per heavy atom. The van der Waals surface area contributed by atoms with Crippen molar-refractivity contribution in [3.8, 4) is 0 Å². The fourth-order valence-electron chi connectivity index (χ4n) is 2.82.